The summed E-state index contributed by atoms with van der Waals surface area (Å²) in [5.41, 5.74) is 0.213. The van der Waals surface area contributed by atoms with Crippen molar-refractivity contribution >= 4 is 40.9 Å². The van der Waals surface area contributed by atoms with Gasteiger partial charge in [-0.1, -0.05) is 12.1 Å². The van der Waals surface area contributed by atoms with Crippen molar-refractivity contribution in [3.05, 3.63) is 58.1 Å². The maximum atomic E-state index is 12.5. The van der Waals surface area contributed by atoms with Gasteiger partial charge >= 0.3 is 5.97 Å². The second kappa shape index (κ2) is 13.0. The molecule has 2 amide bonds. The largest absolute Gasteiger partial charge is 0.494 e. The summed E-state index contributed by atoms with van der Waals surface area (Å²) in [4.78, 5) is 47.4. The van der Waals surface area contributed by atoms with Gasteiger partial charge in [0.1, 0.15) is 5.75 Å². The Labute approximate surface area is 193 Å². The molecule has 0 fully saturated rings. The van der Waals surface area contributed by atoms with Gasteiger partial charge in [-0.05, 0) is 18.2 Å². The van der Waals surface area contributed by atoms with Gasteiger partial charge in [0.15, 0.2) is 6.61 Å². The SMILES string of the molecule is COCCNC(=O)CSc1ccccc1C(=O)OCC(=O)Nc1ccc([N+](=O)[O-])cc1OC. The number of hydrogen-bond acceptors (Lipinski definition) is 9. The second-order valence-electron chi connectivity index (χ2n) is 6.39. The number of nitro benzene ring substituents is 1. The molecule has 0 radical (unpaired) electrons. The molecule has 0 heterocycles. The Morgan fingerprint density at radius 1 is 1.09 bits per heavy atom. The van der Waals surface area contributed by atoms with E-state index in [1.807, 2.05) is 0 Å². The first-order valence-corrected chi connectivity index (χ1v) is 10.6. The number of amides is 2. The number of hydrogen-bond donors (Lipinski definition) is 2. The zero-order chi connectivity index (χ0) is 24.2. The van der Waals surface area contributed by atoms with Crippen LogP contribution < -0.4 is 15.4 Å². The highest BCUT2D eigenvalue weighted by atomic mass is 32.2. The molecule has 0 aromatic heterocycles. The lowest BCUT2D eigenvalue weighted by molar-refractivity contribution is -0.384. The molecule has 0 atom stereocenters. The lowest BCUT2D eigenvalue weighted by atomic mass is 10.2. The smallest absolute Gasteiger partial charge is 0.339 e. The number of anilines is 1. The van der Waals surface area contributed by atoms with E-state index in [-0.39, 0.29) is 34.3 Å². The van der Waals surface area contributed by atoms with E-state index in [2.05, 4.69) is 10.6 Å². The summed E-state index contributed by atoms with van der Waals surface area (Å²) in [6.45, 7) is 0.191. The monoisotopic (exact) mass is 477 g/mol. The van der Waals surface area contributed by atoms with Gasteiger partial charge in [-0.15, -0.1) is 11.8 Å². The molecule has 2 N–H and O–H groups in total. The molecule has 33 heavy (non-hydrogen) atoms. The Morgan fingerprint density at radius 3 is 2.55 bits per heavy atom. The molecule has 2 rings (SSSR count). The van der Waals surface area contributed by atoms with Gasteiger partial charge in [0.25, 0.3) is 11.6 Å². The van der Waals surface area contributed by atoms with Crippen molar-refractivity contribution in [1.82, 2.24) is 5.32 Å². The lowest BCUT2D eigenvalue weighted by Gasteiger charge is -2.11. The van der Waals surface area contributed by atoms with Crippen LogP contribution in [0.25, 0.3) is 0 Å². The van der Waals surface area contributed by atoms with E-state index in [9.17, 15) is 24.5 Å². The average molecular weight is 477 g/mol. The van der Waals surface area contributed by atoms with Crippen LogP contribution in [0.2, 0.25) is 0 Å². The molecule has 0 bridgehead atoms. The van der Waals surface area contributed by atoms with Crippen LogP contribution in [0.15, 0.2) is 47.4 Å². The molecule has 12 heteroatoms. The second-order valence-corrected chi connectivity index (χ2v) is 7.41. The standard InChI is InChI=1S/C21H23N3O8S/c1-30-10-9-22-20(26)13-33-18-6-4-3-5-15(18)21(27)32-12-19(25)23-16-8-7-14(24(28)29)11-17(16)31-2/h3-8,11H,9-10,12-13H2,1-2H3,(H,22,26)(H,23,25). The topological polar surface area (TPSA) is 146 Å². The molecule has 2 aromatic rings. The van der Waals surface area contributed by atoms with Crippen molar-refractivity contribution in [2.24, 2.45) is 0 Å². The van der Waals surface area contributed by atoms with E-state index in [1.165, 1.54) is 38.5 Å². The highest BCUT2D eigenvalue weighted by Crippen LogP contribution is 2.29. The number of non-ortho nitro benzene ring substituents is 1. The van der Waals surface area contributed by atoms with Crippen molar-refractivity contribution in [3.63, 3.8) is 0 Å². The van der Waals surface area contributed by atoms with Crippen LogP contribution in [0.3, 0.4) is 0 Å². The van der Waals surface area contributed by atoms with E-state index in [1.54, 1.807) is 18.2 Å². The van der Waals surface area contributed by atoms with E-state index < -0.39 is 23.4 Å². The summed E-state index contributed by atoms with van der Waals surface area (Å²) in [5, 5.41) is 16.0. The number of nitrogens with one attached hydrogen (secondary N) is 2. The predicted octanol–water partition coefficient (Wildman–Crippen LogP) is 2.25. The Hall–Kier alpha value is -3.64. The Balaban J connectivity index is 1.93. The third-order valence-electron chi connectivity index (χ3n) is 4.10. The van der Waals surface area contributed by atoms with Crippen LogP contribution in [0.4, 0.5) is 11.4 Å². The molecular formula is C21H23N3O8S. The molecule has 0 aliphatic carbocycles. The van der Waals surface area contributed by atoms with Crippen LogP contribution >= 0.6 is 11.8 Å². The summed E-state index contributed by atoms with van der Waals surface area (Å²) >= 11 is 1.16. The van der Waals surface area contributed by atoms with Crippen molar-refractivity contribution in [2.75, 3.05) is 45.0 Å². The number of ether oxygens (including phenoxy) is 3. The van der Waals surface area contributed by atoms with Gasteiger partial charge in [0, 0.05) is 24.6 Å². The van der Waals surface area contributed by atoms with Crippen LogP contribution in [0.1, 0.15) is 10.4 Å². The van der Waals surface area contributed by atoms with Gasteiger partial charge in [0.2, 0.25) is 5.91 Å². The quantitative estimate of drug-likeness (QED) is 0.154. The molecule has 0 unspecified atom stereocenters. The van der Waals surface area contributed by atoms with Crippen LogP contribution in [-0.2, 0) is 19.1 Å². The highest BCUT2D eigenvalue weighted by molar-refractivity contribution is 8.00. The Kier molecular flexibility index (Phi) is 10.1. The number of carbonyl (C=O) groups is 3. The summed E-state index contributed by atoms with van der Waals surface area (Å²) in [6.07, 6.45) is 0. The van der Waals surface area contributed by atoms with Gasteiger partial charge in [-0.25, -0.2) is 4.79 Å². The lowest BCUT2D eigenvalue weighted by Crippen LogP contribution is -2.28. The molecule has 0 saturated heterocycles. The number of benzene rings is 2. The number of esters is 1. The maximum absolute atomic E-state index is 12.5. The van der Waals surface area contributed by atoms with E-state index in [4.69, 9.17) is 14.2 Å². The number of nitrogens with zero attached hydrogens (tertiary/aromatic N) is 1. The minimum Gasteiger partial charge on any atom is -0.494 e. The fraction of sp³-hybridized carbons (Fsp3) is 0.286. The van der Waals surface area contributed by atoms with E-state index >= 15 is 0 Å². The van der Waals surface area contributed by atoms with E-state index in [0.717, 1.165) is 11.8 Å². The van der Waals surface area contributed by atoms with Gasteiger partial charge < -0.3 is 24.8 Å². The van der Waals surface area contributed by atoms with Crippen LogP contribution in [0.5, 0.6) is 5.75 Å². The molecule has 0 aliphatic heterocycles. The fourth-order valence-corrected chi connectivity index (χ4v) is 3.41. The fourth-order valence-electron chi connectivity index (χ4n) is 2.54. The average Bonchev–Trinajstić information content (AvgIpc) is 2.81. The first-order valence-electron chi connectivity index (χ1n) is 9.62. The number of carbonyl (C=O) groups excluding carboxylic acids is 3. The normalized spacial score (nSPS) is 10.2. The third-order valence-corrected chi connectivity index (χ3v) is 5.17. The highest BCUT2D eigenvalue weighted by Gasteiger charge is 2.17. The first kappa shape index (κ1) is 25.6. The summed E-state index contributed by atoms with van der Waals surface area (Å²) in [6, 6.07) is 10.3. The van der Waals surface area contributed by atoms with Gasteiger partial charge in [-0.2, -0.15) is 0 Å². The number of methoxy groups -OCH3 is 2. The zero-order valence-electron chi connectivity index (χ0n) is 18.0. The van der Waals surface area contributed by atoms with Crippen molar-refractivity contribution in [3.8, 4) is 5.75 Å². The van der Waals surface area contributed by atoms with Gasteiger partial charge in [-0.3, -0.25) is 19.7 Å². The van der Waals surface area contributed by atoms with Crippen molar-refractivity contribution < 1.29 is 33.5 Å². The Bertz CT molecular complexity index is 1010. The number of rotatable bonds is 12. The van der Waals surface area contributed by atoms with Gasteiger partial charge in [0.05, 0.1) is 41.7 Å². The zero-order valence-corrected chi connectivity index (χ0v) is 18.8. The first-order chi connectivity index (χ1) is 15.8. The molecule has 0 saturated carbocycles. The summed E-state index contributed by atoms with van der Waals surface area (Å²) in [5.74, 6) is -1.41. The maximum Gasteiger partial charge on any atom is 0.339 e. The van der Waals surface area contributed by atoms with E-state index in [0.29, 0.717) is 18.0 Å². The van der Waals surface area contributed by atoms with Crippen molar-refractivity contribution in [2.45, 2.75) is 4.90 Å². The third kappa shape index (κ3) is 8.09. The minimum absolute atomic E-state index is 0.0917. The Morgan fingerprint density at radius 2 is 1.85 bits per heavy atom. The molecule has 0 aliphatic rings. The molecule has 2 aromatic carbocycles. The summed E-state index contributed by atoms with van der Waals surface area (Å²) < 4.78 is 15.0. The summed E-state index contributed by atoms with van der Waals surface area (Å²) in [7, 11) is 2.84. The number of nitro groups is 1. The number of thioether (sulfide) groups is 1. The molecule has 11 nitrogen and oxygen atoms in total. The van der Waals surface area contributed by atoms with Crippen LogP contribution in [-0.4, -0.2) is 62.4 Å². The predicted molar refractivity (Wildman–Crippen MR) is 121 cm³/mol. The minimum atomic E-state index is -0.733. The molecule has 176 valence electrons. The molecule has 0 spiro atoms. The van der Waals surface area contributed by atoms with Crippen LogP contribution in [0, 0.1) is 10.1 Å². The van der Waals surface area contributed by atoms with Crippen molar-refractivity contribution in [1.29, 1.82) is 0 Å². The molecular weight excluding hydrogens is 454 g/mol.